The minimum atomic E-state index is -0.982. The second-order valence-electron chi connectivity index (χ2n) is 5.90. The fourth-order valence-corrected chi connectivity index (χ4v) is 2.12. The molecule has 0 unspecified atom stereocenters. The van der Waals surface area contributed by atoms with E-state index >= 15 is 0 Å². The van der Waals surface area contributed by atoms with Crippen LogP contribution in [0.5, 0.6) is 0 Å². The summed E-state index contributed by atoms with van der Waals surface area (Å²) < 4.78 is 28.9. The Bertz CT molecular complexity index is 767. The quantitative estimate of drug-likeness (QED) is 0.841. The highest BCUT2D eigenvalue weighted by Crippen LogP contribution is 2.18. The first-order valence-electron chi connectivity index (χ1n) is 7.94. The van der Waals surface area contributed by atoms with Gasteiger partial charge in [-0.2, -0.15) is 5.10 Å². The average molecular weight is 350 g/mol. The van der Waals surface area contributed by atoms with Crippen molar-refractivity contribution in [2.24, 2.45) is 5.92 Å². The Kier molecular flexibility index (Phi) is 5.84. The Morgan fingerprint density at radius 2 is 1.84 bits per heavy atom. The molecule has 25 heavy (non-hydrogen) atoms. The zero-order valence-electron chi connectivity index (χ0n) is 14.3. The second-order valence-corrected chi connectivity index (χ2v) is 5.90. The number of halogens is 2. The summed E-state index contributed by atoms with van der Waals surface area (Å²) in [6.45, 7) is 6.59. The van der Waals surface area contributed by atoms with Crippen LogP contribution in [0.4, 0.5) is 14.5 Å². The van der Waals surface area contributed by atoms with Crippen molar-refractivity contribution in [2.45, 2.75) is 27.3 Å². The molecule has 8 heteroatoms. The Hall–Kier alpha value is -2.77. The molecular weight excluding hydrogens is 330 g/mol. The largest absolute Gasteiger partial charge is 0.350 e. The maximum Gasteiger partial charge on any atom is 0.273 e. The van der Waals surface area contributed by atoms with Crippen molar-refractivity contribution in [3.63, 3.8) is 0 Å². The topological polar surface area (TPSA) is 76.0 Å². The van der Waals surface area contributed by atoms with E-state index in [2.05, 4.69) is 15.7 Å². The normalized spacial score (nSPS) is 10.8. The zero-order valence-corrected chi connectivity index (χ0v) is 14.3. The van der Waals surface area contributed by atoms with Crippen molar-refractivity contribution in [3.05, 3.63) is 47.3 Å². The van der Waals surface area contributed by atoms with Crippen molar-refractivity contribution in [2.75, 3.05) is 11.9 Å². The molecule has 6 nitrogen and oxygen atoms in total. The van der Waals surface area contributed by atoms with Gasteiger partial charge in [0.25, 0.3) is 11.8 Å². The molecular formula is C17H20F2N4O2. The lowest BCUT2D eigenvalue weighted by molar-refractivity contribution is 0.0944. The van der Waals surface area contributed by atoms with Gasteiger partial charge >= 0.3 is 0 Å². The number of carbonyl (C=O) groups is 2. The van der Waals surface area contributed by atoms with Gasteiger partial charge in [0, 0.05) is 19.3 Å². The lowest BCUT2D eigenvalue weighted by Crippen LogP contribution is -2.29. The van der Waals surface area contributed by atoms with Gasteiger partial charge in [0.1, 0.15) is 17.2 Å². The lowest BCUT2D eigenvalue weighted by Gasteiger charge is -2.09. The van der Waals surface area contributed by atoms with E-state index in [1.54, 1.807) is 0 Å². The van der Waals surface area contributed by atoms with Crippen LogP contribution in [0, 0.1) is 17.6 Å². The summed E-state index contributed by atoms with van der Waals surface area (Å²) >= 11 is 0. The summed E-state index contributed by atoms with van der Waals surface area (Å²) in [6.07, 6.45) is 1.45. The smallest absolute Gasteiger partial charge is 0.273 e. The average Bonchev–Trinajstić information content (AvgIpc) is 2.95. The van der Waals surface area contributed by atoms with Crippen molar-refractivity contribution in [3.8, 4) is 0 Å². The highest BCUT2D eigenvalue weighted by atomic mass is 19.1. The van der Waals surface area contributed by atoms with Gasteiger partial charge in [-0.15, -0.1) is 0 Å². The molecule has 0 radical (unpaired) electrons. The van der Waals surface area contributed by atoms with E-state index in [0.29, 0.717) is 13.1 Å². The molecule has 1 aromatic heterocycles. The number of nitrogens with one attached hydrogen (secondary N) is 2. The second kappa shape index (κ2) is 7.87. The molecule has 2 N–H and O–H groups in total. The number of amides is 2. The summed E-state index contributed by atoms with van der Waals surface area (Å²) in [6, 6.07) is 3.15. The number of rotatable bonds is 6. The molecule has 0 saturated heterocycles. The van der Waals surface area contributed by atoms with E-state index in [-0.39, 0.29) is 17.3 Å². The lowest BCUT2D eigenvalue weighted by atomic mass is 10.1. The number of hydrogen-bond acceptors (Lipinski definition) is 3. The van der Waals surface area contributed by atoms with Gasteiger partial charge in [0.15, 0.2) is 5.69 Å². The van der Waals surface area contributed by atoms with Crippen molar-refractivity contribution < 1.29 is 18.4 Å². The molecule has 0 bridgehead atoms. The van der Waals surface area contributed by atoms with Crippen LogP contribution in [0.3, 0.4) is 0 Å². The maximum absolute atomic E-state index is 13.7. The number of anilines is 1. The van der Waals surface area contributed by atoms with Crippen LogP contribution >= 0.6 is 0 Å². The highest BCUT2D eigenvalue weighted by molar-refractivity contribution is 6.08. The Balaban J connectivity index is 2.28. The van der Waals surface area contributed by atoms with Crippen LogP contribution in [0.25, 0.3) is 0 Å². The Morgan fingerprint density at radius 1 is 1.20 bits per heavy atom. The fourth-order valence-electron chi connectivity index (χ4n) is 2.12. The van der Waals surface area contributed by atoms with E-state index < -0.39 is 29.0 Å². The molecule has 2 aromatic rings. The van der Waals surface area contributed by atoms with E-state index in [9.17, 15) is 18.4 Å². The summed E-state index contributed by atoms with van der Waals surface area (Å²) in [7, 11) is 0. The zero-order chi connectivity index (χ0) is 18.6. The van der Waals surface area contributed by atoms with E-state index in [4.69, 9.17) is 0 Å². The number of carbonyl (C=O) groups excluding carboxylic acids is 2. The SMILES string of the molecule is CCn1cc(NC(=O)c2c(F)cccc2F)c(C(=O)NCC(C)C)n1. The number of nitrogens with zero attached hydrogens (tertiary/aromatic N) is 2. The highest BCUT2D eigenvalue weighted by Gasteiger charge is 2.22. The van der Waals surface area contributed by atoms with E-state index in [0.717, 1.165) is 12.1 Å². The molecule has 2 amide bonds. The van der Waals surface area contributed by atoms with Crippen molar-refractivity contribution in [1.82, 2.24) is 15.1 Å². The number of hydrogen-bond donors (Lipinski definition) is 2. The molecule has 0 aliphatic carbocycles. The molecule has 1 heterocycles. The first-order valence-corrected chi connectivity index (χ1v) is 7.94. The van der Waals surface area contributed by atoms with Crippen LogP contribution in [0.2, 0.25) is 0 Å². The third kappa shape index (κ3) is 4.40. The molecule has 0 aliphatic heterocycles. The third-order valence-corrected chi connectivity index (χ3v) is 3.41. The molecule has 0 aliphatic rings. The van der Waals surface area contributed by atoms with Crippen LogP contribution in [-0.2, 0) is 6.54 Å². The Morgan fingerprint density at radius 3 is 2.40 bits per heavy atom. The van der Waals surface area contributed by atoms with E-state index in [1.807, 2.05) is 20.8 Å². The summed E-state index contributed by atoms with van der Waals surface area (Å²) in [5.74, 6) is -3.17. The molecule has 1 aromatic carbocycles. The van der Waals surface area contributed by atoms with Gasteiger partial charge < -0.3 is 10.6 Å². The van der Waals surface area contributed by atoms with Crippen LogP contribution in [-0.4, -0.2) is 28.1 Å². The summed E-state index contributed by atoms with van der Waals surface area (Å²) in [5, 5.41) is 9.17. The minimum Gasteiger partial charge on any atom is -0.350 e. The standard InChI is InChI=1S/C17H20F2N4O2/c1-4-23-9-13(15(22-23)17(25)20-8-10(2)3)21-16(24)14-11(18)6-5-7-12(14)19/h5-7,9-10H,4,8H2,1-3H3,(H,20,25)(H,21,24). The monoisotopic (exact) mass is 350 g/mol. The van der Waals surface area contributed by atoms with E-state index in [1.165, 1.54) is 16.9 Å². The van der Waals surface area contributed by atoms with Gasteiger partial charge in [0.05, 0.1) is 5.69 Å². The van der Waals surface area contributed by atoms with Crippen LogP contribution < -0.4 is 10.6 Å². The van der Waals surface area contributed by atoms with Crippen molar-refractivity contribution >= 4 is 17.5 Å². The first kappa shape index (κ1) is 18.6. The van der Waals surface area contributed by atoms with Gasteiger partial charge in [0.2, 0.25) is 0 Å². The van der Waals surface area contributed by atoms with Gasteiger partial charge in [-0.25, -0.2) is 8.78 Å². The molecule has 0 fully saturated rings. The predicted molar refractivity (Wildman–Crippen MR) is 89.4 cm³/mol. The van der Waals surface area contributed by atoms with Gasteiger partial charge in [-0.05, 0) is 25.0 Å². The fraction of sp³-hybridized carbons (Fsp3) is 0.353. The van der Waals surface area contributed by atoms with Crippen LogP contribution in [0.1, 0.15) is 41.6 Å². The first-order chi connectivity index (χ1) is 11.8. The predicted octanol–water partition coefficient (Wildman–Crippen LogP) is 2.82. The molecule has 0 atom stereocenters. The number of aryl methyl sites for hydroxylation is 1. The number of aromatic nitrogens is 2. The maximum atomic E-state index is 13.7. The molecule has 0 spiro atoms. The number of benzene rings is 1. The third-order valence-electron chi connectivity index (χ3n) is 3.41. The minimum absolute atomic E-state index is 0.00685. The van der Waals surface area contributed by atoms with Gasteiger partial charge in [-0.1, -0.05) is 19.9 Å². The van der Waals surface area contributed by atoms with Gasteiger partial charge in [-0.3, -0.25) is 14.3 Å². The molecule has 0 saturated carbocycles. The van der Waals surface area contributed by atoms with Crippen LogP contribution in [0.15, 0.2) is 24.4 Å². The molecule has 2 rings (SSSR count). The summed E-state index contributed by atoms with van der Waals surface area (Å²) in [5.41, 5.74) is -0.622. The summed E-state index contributed by atoms with van der Waals surface area (Å²) in [4.78, 5) is 24.5. The molecule has 134 valence electrons. The van der Waals surface area contributed by atoms with Crippen molar-refractivity contribution in [1.29, 1.82) is 0 Å². The Labute approximate surface area is 144 Å².